The number of piperidine rings is 1. The zero-order chi connectivity index (χ0) is 39.2. The molecule has 0 aliphatic carbocycles. The summed E-state index contributed by atoms with van der Waals surface area (Å²) in [5, 5.41) is 14.1. The smallest absolute Gasteiger partial charge is 0.303 e. The van der Waals surface area contributed by atoms with Crippen LogP contribution in [-0.4, -0.2) is 87.7 Å². The maximum absolute atomic E-state index is 14.6. The normalized spacial score (nSPS) is 17.7. The first-order valence-corrected chi connectivity index (χ1v) is 20.0. The molecule has 0 radical (unpaired) electrons. The van der Waals surface area contributed by atoms with Gasteiger partial charge in [-0.1, -0.05) is 59.6 Å². The number of hydrogen-bond acceptors (Lipinski definition) is 9. The lowest BCUT2D eigenvalue weighted by Crippen LogP contribution is -2.50. The summed E-state index contributed by atoms with van der Waals surface area (Å²) in [4.78, 5) is 74.0. The molecule has 294 valence electrons. The maximum atomic E-state index is 14.6. The van der Waals surface area contributed by atoms with Gasteiger partial charge in [-0.2, -0.15) is 0 Å². The molecular formula is C40H59FN4O7S. The molecule has 0 saturated carbocycles. The maximum Gasteiger partial charge on any atom is 0.303 e. The van der Waals surface area contributed by atoms with E-state index in [1.807, 2.05) is 46.6 Å². The number of aromatic nitrogens is 1. The Hall–Kier alpha value is -3.71. The van der Waals surface area contributed by atoms with Crippen LogP contribution in [0.4, 0.5) is 4.39 Å². The number of carbonyl (C=O) groups is 5. The molecule has 1 aromatic heterocycles. The Morgan fingerprint density at radius 1 is 1.11 bits per heavy atom. The molecule has 6 atom stereocenters. The highest BCUT2D eigenvalue weighted by Crippen LogP contribution is 2.33. The van der Waals surface area contributed by atoms with E-state index in [0.717, 1.165) is 37.8 Å². The first-order chi connectivity index (χ1) is 25.1. The summed E-state index contributed by atoms with van der Waals surface area (Å²) in [6, 6.07) is 4.72. The first kappa shape index (κ1) is 43.7. The Labute approximate surface area is 318 Å². The summed E-state index contributed by atoms with van der Waals surface area (Å²) in [5.41, 5.74) is 0.829. The fraction of sp³-hybridized carbons (Fsp3) is 0.650. The molecule has 2 unspecified atom stereocenters. The monoisotopic (exact) mass is 758 g/mol. The third kappa shape index (κ3) is 13.3. The van der Waals surface area contributed by atoms with Crippen LogP contribution in [0.3, 0.4) is 0 Å². The molecule has 2 aromatic rings. The highest BCUT2D eigenvalue weighted by atomic mass is 32.1. The number of hydrogen-bond donors (Lipinski definition) is 2. The lowest BCUT2D eigenvalue weighted by atomic mass is 9.82. The van der Waals surface area contributed by atoms with Gasteiger partial charge in [0.05, 0.1) is 6.04 Å². The molecular weight excluding hydrogens is 700 g/mol. The molecule has 3 rings (SSSR count). The van der Waals surface area contributed by atoms with E-state index in [4.69, 9.17) is 4.74 Å². The predicted octanol–water partition coefficient (Wildman–Crippen LogP) is 6.85. The molecule has 0 spiro atoms. The molecule has 1 saturated heterocycles. The molecule has 53 heavy (non-hydrogen) atoms. The number of aliphatic carboxylic acids is 1. The topological polar surface area (TPSA) is 146 Å². The van der Waals surface area contributed by atoms with Crippen molar-refractivity contribution in [2.75, 3.05) is 20.1 Å². The van der Waals surface area contributed by atoms with Crippen molar-refractivity contribution < 1.29 is 38.2 Å². The third-order valence-electron chi connectivity index (χ3n) is 10.4. The number of Topliss-reactive ketones (excluding diaryl/α,β-unsaturated/α-hetero) is 1. The van der Waals surface area contributed by atoms with Crippen molar-refractivity contribution in [3.63, 3.8) is 0 Å². The van der Waals surface area contributed by atoms with Crippen LogP contribution < -0.4 is 5.32 Å². The van der Waals surface area contributed by atoms with Crippen molar-refractivity contribution in [3.05, 3.63) is 51.7 Å². The predicted molar refractivity (Wildman–Crippen MR) is 203 cm³/mol. The lowest BCUT2D eigenvalue weighted by Gasteiger charge is -2.39. The molecule has 2 amide bonds. The number of thiazole rings is 1. The number of carbonyl (C=O) groups excluding carboxylic acids is 4. The van der Waals surface area contributed by atoms with E-state index < -0.39 is 41.7 Å². The second-order valence-electron chi connectivity index (χ2n) is 14.8. The minimum absolute atomic E-state index is 0.0146. The van der Waals surface area contributed by atoms with Crippen LogP contribution in [0.25, 0.3) is 0 Å². The SMILES string of the molecule is CCCN(C(=O)C(CC(=O)C1CCCCN1C)[C@@H](C)CC)[C@H](C[C@@H](OC(C)=O)c1nc(C(=O)N[C@H](CCC(=O)O)Cc2ccc(F)cc2)cs1)C(C)C. The Morgan fingerprint density at radius 2 is 1.81 bits per heavy atom. The van der Waals surface area contributed by atoms with Crippen LogP contribution >= 0.6 is 11.3 Å². The summed E-state index contributed by atoms with van der Waals surface area (Å²) in [6.07, 6.45) is 4.17. The van der Waals surface area contributed by atoms with E-state index in [1.54, 1.807) is 17.5 Å². The van der Waals surface area contributed by atoms with Gasteiger partial charge in [-0.15, -0.1) is 11.3 Å². The number of ether oxygens (including phenoxy) is 1. The number of amides is 2. The van der Waals surface area contributed by atoms with Gasteiger partial charge in [0.25, 0.3) is 5.91 Å². The van der Waals surface area contributed by atoms with Gasteiger partial charge in [-0.3, -0.25) is 28.9 Å². The molecule has 1 fully saturated rings. The fourth-order valence-corrected chi connectivity index (χ4v) is 7.99. The number of nitrogens with one attached hydrogen (secondary N) is 1. The molecule has 2 heterocycles. The van der Waals surface area contributed by atoms with E-state index in [-0.39, 0.29) is 67.0 Å². The average molecular weight is 759 g/mol. The summed E-state index contributed by atoms with van der Waals surface area (Å²) in [5.74, 6) is -2.94. The molecule has 1 aliphatic heterocycles. The summed E-state index contributed by atoms with van der Waals surface area (Å²) >= 11 is 1.17. The zero-order valence-electron chi connectivity index (χ0n) is 32.4. The number of benzene rings is 1. The highest BCUT2D eigenvalue weighted by Gasteiger charge is 2.38. The van der Waals surface area contributed by atoms with Crippen LogP contribution in [0, 0.1) is 23.6 Å². The van der Waals surface area contributed by atoms with E-state index in [1.165, 1.54) is 30.4 Å². The van der Waals surface area contributed by atoms with Crippen LogP contribution in [0.1, 0.15) is 126 Å². The molecule has 11 nitrogen and oxygen atoms in total. The third-order valence-corrected chi connectivity index (χ3v) is 11.3. The van der Waals surface area contributed by atoms with E-state index in [0.29, 0.717) is 24.4 Å². The molecule has 0 bridgehead atoms. The van der Waals surface area contributed by atoms with Crippen molar-refractivity contribution in [2.45, 2.75) is 130 Å². The number of carboxylic acids is 1. The standard InChI is InChI=1S/C40H59FN4O7S/c1-8-19-45(40(51)31(26(5)9-2)22-35(47)33-12-10-11-20-44(33)7)34(25(3)4)23-36(52-27(6)46)39-43-32(24-53-39)38(50)42-30(17-18-37(48)49)21-28-13-15-29(41)16-14-28/h13-16,24-26,30-31,33-34,36H,8-12,17-23H2,1-7H3,(H,42,50)(H,48,49)/t26-,30+,31?,33?,34+,36+/m0/s1. The summed E-state index contributed by atoms with van der Waals surface area (Å²) < 4.78 is 19.3. The van der Waals surface area contributed by atoms with Gasteiger partial charge in [0.2, 0.25) is 5.91 Å². The van der Waals surface area contributed by atoms with Crippen LogP contribution in [0.2, 0.25) is 0 Å². The molecule has 13 heteroatoms. The van der Waals surface area contributed by atoms with Gasteiger partial charge < -0.3 is 20.1 Å². The second-order valence-corrected chi connectivity index (χ2v) is 15.7. The minimum atomic E-state index is -1.00. The average Bonchev–Trinajstić information content (AvgIpc) is 3.61. The Kier molecular flexibility index (Phi) is 17.5. The Balaban J connectivity index is 1.86. The van der Waals surface area contributed by atoms with Crippen molar-refractivity contribution in [1.29, 1.82) is 0 Å². The number of carboxylic acid groups (broad SMARTS) is 1. The van der Waals surface area contributed by atoms with E-state index in [9.17, 15) is 33.5 Å². The summed E-state index contributed by atoms with van der Waals surface area (Å²) in [7, 11) is 1.98. The highest BCUT2D eigenvalue weighted by molar-refractivity contribution is 7.09. The van der Waals surface area contributed by atoms with Crippen molar-refractivity contribution >= 4 is 40.9 Å². The number of esters is 1. The molecule has 2 N–H and O–H groups in total. The first-order valence-electron chi connectivity index (χ1n) is 19.1. The van der Waals surface area contributed by atoms with Gasteiger partial charge in [0.1, 0.15) is 16.5 Å². The van der Waals surface area contributed by atoms with Gasteiger partial charge in [-0.25, -0.2) is 9.37 Å². The largest absolute Gasteiger partial charge is 0.481 e. The van der Waals surface area contributed by atoms with Gasteiger partial charge in [-0.05, 0) is 75.2 Å². The van der Waals surface area contributed by atoms with Crippen molar-refractivity contribution in [2.24, 2.45) is 17.8 Å². The van der Waals surface area contributed by atoms with Crippen LogP contribution in [0.5, 0.6) is 0 Å². The Bertz CT molecular complexity index is 1520. The summed E-state index contributed by atoms with van der Waals surface area (Å²) in [6.45, 7) is 12.8. The van der Waals surface area contributed by atoms with Gasteiger partial charge >= 0.3 is 11.9 Å². The van der Waals surface area contributed by atoms with E-state index in [2.05, 4.69) is 15.2 Å². The number of likely N-dealkylation sites (N-methyl/N-ethyl adjacent to an activating group) is 1. The number of likely N-dealkylation sites (tertiary alicyclic amines) is 1. The van der Waals surface area contributed by atoms with E-state index >= 15 is 0 Å². The molecule has 1 aromatic carbocycles. The molecule has 1 aliphatic rings. The number of ketones is 1. The Morgan fingerprint density at radius 3 is 2.40 bits per heavy atom. The zero-order valence-corrected chi connectivity index (χ0v) is 33.3. The number of rotatable bonds is 21. The van der Waals surface area contributed by atoms with Gasteiger partial charge in [0, 0.05) is 56.1 Å². The fourth-order valence-electron chi connectivity index (χ4n) is 7.15. The quantitative estimate of drug-likeness (QED) is 0.131. The number of nitrogens with zero attached hydrogens (tertiary/aromatic N) is 3. The number of halogens is 1. The lowest BCUT2D eigenvalue weighted by molar-refractivity contribution is -0.150. The second kappa shape index (κ2) is 21.2. The van der Waals surface area contributed by atoms with Gasteiger partial charge in [0.15, 0.2) is 11.9 Å². The minimum Gasteiger partial charge on any atom is -0.481 e. The van der Waals surface area contributed by atoms with Crippen LogP contribution in [-0.2, 0) is 30.3 Å². The van der Waals surface area contributed by atoms with Crippen LogP contribution in [0.15, 0.2) is 29.6 Å². The van der Waals surface area contributed by atoms with Crippen molar-refractivity contribution in [3.8, 4) is 0 Å². The van der Waals surface area contributed by atoms with Crippen molar-refractivity contribution in [1.82, 2.24) is 20.1 Å².